The second-order valence-corrected chi connectivity index (χ2v) is 7.70. The maximum Gasteiger partial charge on any atom is 0.410 e. The molecular weight excluding hydrogens is 238 g/mol. The fourth-order valence-corrected chi connectivity index (χ4v) is 4.66. The van der Waals surface area contributed by atoms with Crippen molar-refractivity contribution in [3.63, 3.8) is 0 Å². The van der Waals surface area contributed by atoms with Crippen LogP contribution in [0.1, 0.15) is 60.3 Å². The number of hydrogen-bond donors (Lipinski definition) is 0. The summed E-state index contributed by atoms with van der Waals surface area (Å²) in [5.41, 5.74) is 0.239. The molecule has 3 nitrogen and oxygen atoms in total. The lowest BCUT2D eigenvalue weighted by Gasteiger charge is -2.47. The van der Waals surface area contributed by atoms with E-state index in [1.807, 2.05) is 13.8 Å². The predicted molar refractivity (Wildman–Crippen MR) is 74.9 cm³/mol. The summed E-state index contributed by atoms with van der Waals surface area (Å²) in [5.74, 6) is 2.01. The monoisotopic (exact) mass is 265 g/mol. The van der Waals surface area contributed by atoms with Crippen molar-refractivity contribution in [1.29, 1.82) is 0 Å². The summed E-state index contributed by atoms with van der Waals surface area (Å²) < 4.78 is 5.56. The Labute approximate surface area is 116 Å². The Morgan fingerprint density at radius 1 is 1.05 bits per heavy atom. The lowest BCUT2D eigenvalue weighted by Crippen LogP contribution is -2.57. The number of likely N-dealkylation sites (tertiary alicyclic amines) is 1. The average Bonchev–Trinajstić information content (AvgIpc) is 3.04. The first-order valence-corrected chi connectivity index (χ1v) is 7.83. The van der Waals surface area contributed by atoms with Gasteiger partial charge in [0.15, 0.2) is 0 Å². The van der Waals surface area contributed by atoms with E-state index < -0.39 is 0 Å². The predicted octanol–water partition coefficient (Wildman–Crippen LogP) is 3.82. The number of amides is 1. The van der Waals surface area contributed by atoms with E-state index in [9.17, 15) is 4.79 Å². The van der Waals surface area contributed by atoms with Gasteiger partial charge in [-0.3, -0.25) is 4.90 Å². The minimum Gasteiger partial charge on any atom is -0.447 e. The third-order valence-electron chi connectivity index (χ3n) is 5.65. The Bertz CT molecular complexity index is 382. The number of rotatable bonds is 1. The highest BCUT2D eigenvalue weighted by Crippen LogP contribution is 2.66. The summed E-state index contributed by atoms with van der Waals surface area (Å²) in [6, 6.07) is 0. The van der Waals surface area contributed by atoms with E-state index in [-0.39, 0.29) is 23.3 Å². The smallest absolute Gasteiger partial charge is 0.410 e. The number of nitrogens with zero attached hydrogens (tertiary/aromatic N) is 1. The molecule has 2 saturated carbocycles. The molecule has 0 radical (unpaired) electrons. The lowest BCUT2D eigenvalue weighted by molar-refractivity contribution is -0.00801. The average molecular weight is 265 g/mol. The van der Waals surface area contributed by atoms with Crippen molar-refractivity contribution in [2.45, 2.75) is 77.5 Å². The third-order valence-corrected chi connectivity index (χ3v) is 5.65. The first kappa shape index (κ1) is 13.3. The Hall–Kier alpha value is -0.730. The zero-order valence-electron chi connectivity index (χ0n) is 12.9. The molecule has 3 heteroatoms. The van der Waals surface area contributed by atoms with Crippen LogP contribution in [0, 0.1) is 17.8 Å². The molecule has 19 heavy (non-hydrogen) atoms. The van der Waals surface area contributed by atoms with E-state index in [1.165, 1.54) is 12.8 Å². The van der Waals surface area contributed by atoms with E-state index in [1.54, 1.807) is 0 Å². The van der Waals surface area contributed by atoms with Gasteiger partial charge in [-0.1, -0.05) is 20.8 Å². The van der Waals surface area contributed by atoms with Gasteiger partial charge in [-0.05, 0) is 57.3 Å². The standard InChI is InChI=1S/C16H27NO2/c1-10(2)19-14(18)17-15(8-12(15)4)6-11(3)7-16(17)9-13(16)5/h10-13H,6-9H2,1-5H3/t11?,12-,13-,15-,16?/m1/s1. The molecule has 0 bridgehead atoms. The molecule has 1 amide bonds. The van der Waals surface area contributed by atoms with Crippen molar-refractivity contribution in [2.75, 3.05) is 0 Å². The number of carbonyl (C=O) groups is 1. The molecule has 0 aromatic heterocycles. The van der Waals surface area contributed by atoms with E-state index in [0.29, 0.717) is 11.8 Å². The van der Waals surface area contributed by atoms with Crippen LogP contribution >= 0.6 is 0 Å². The van der Waals surface area contributed by atoms with Crippen LogP contribution in [0.2, 0.25) is 0 Å². The zero-order chi connectivity index (χ0) is 14.0. The van der Waals surface area contributed by atoms with Gasteiger partial charge in [0.1, 0.15) is 0 Å². The van der Waals surface area contributed by atoms with Crippen molar-refractivity contribution < 1.29 is 9.53 Å². The van der Waals surface area contributed by atoms with Crippen LogP contribution in [-0.4, -0.2) is 28.2 Å². The number of hydrogen-bond acceptors (Lipinski definition) is 2. The fourth-order valence-electron chi connectivity index (χ4n) is 4.66. The van der Waals surface area contributed by atoms with Crippen molar-refractivity contribution in [3.05, 3.63) is 0 Å². The van der Waals surface area contributed by atoms with Gasteiger partial charge in [-0.2, -0.15) is 0 Å². The quantitative estimate of drug-likeness (QED) is 0.721. The molecule has 3 rings (SSSR count). The largest absolute Gasteiger partial charge is 0.447 e. The van der Waals surface area contributed by atoms with Gasteiger partial charge >= 0.3 is 6.09 Å². The molecule has 0 aromatic rings. The fraction of sp³-hybridized carbons (Fsp3) is 0.938. The Morgan fingerprint density at radius 2 is 1.47 bits per heavy atom. The van der Waals surface area contributed by atoms with Crippen LogP contribution in [-0.2, 0) is 4.74 Å². The normalized spacial score (nSPS) is 47.9. The summed E-state index contributed by atoms with van der Waals surface area (Å²) in [7, 11) is 0. The number of piperidine rings is 1. The minimum atomic E-state index is -0.0596. The van der Waals surface area contributed by atoms with Crippen LogP contribution < -0.4 is 0 Å². The van der Waals surface area contributed by atoms with E-state index >= 15 is 0 Å². The molecule has 1 saturated heterocycles. The van der Waals surface area contributed by atoms with Crippen molar-refractivity contribution in [3.8, 4) is 0 Å². The van der Waals surface area contributed by atoms with Crippen molar-refractivity contribution in [2.24, 2.45) is 17.8 Å². The summed E-state index contributed by atoms with van der Waals surface area (Å²) in [6.07, 6.45) is 4.57. The molecule has 1 heterocycles. The summed E-state index contributed by atoms with van der Waals surface area (Å²) in [6.45, 7) is 10.8. The molecule has 0 aromatic carbocycles. The molecule has 2 unspecified atom stereocenters. The van der Waals surface area contributed by atoms with Gasteiger partial charge in [0.25, 0.3) is 0 Å². The molecule has 1 aliphatic heterocycles. The first-order valence-electron chi connectivity index (χ1n) is 7.83. The van der Waals surface area contributed by atoms with Crippen LogP contribution in [0.3, 0.4) is 0 Å². The second kappa shape index (κ2) is 3.89. The molecule has 0 N–H and O–H groups in total. The highest BCUT2D eigenvalue weighted by molar-refractivity contribution is 5.72. The van der Waals surface area contributed by atoms with Gasteiger partial charge in [0, 0.05) is 0 Å². The molecule has 2 aliphatic carbocycles. The maximum absolute atomic E-state index is 12.6. The number of carbonyl (C=O) groups excluding carboxylic acids is 1. The van der Waals surface area contributed by atoms with Gasteiger partial charge in [-0.15, -0.1) is 0 Å². The van der Waals surface area contributed by atoms with Crippen molar-refractivity contribution in [1.82, 2.24) is 4.90 Å². The first-order chi connectivity index (χ1) is 8.82. The van der Waals surface area contributed by atoms with E-state index in [0.717, 1.165) is 18.8 Å². The van der Waals surface area contributed by atoms with E-state index in [2.05, 4.69) is 25.7 Å². The van der Waals surface area contributed by atoms with Crippen LogP contribution in [0.15, 0.2) is 0 Å². The van der Waals surface area contributed by atoms with Crippen molar-refractivity contribution >= 4 is 6.09 Å². The Kier molecular flexibility index (Phi) is 2.72. The summed E-state index contributed by atoms with van der Waals surface area (Å²) in [4.78, 5) is 14.8. The number of ether oxygens (including phenoxy) is 1. The second-order valence-electron chi connectivity index (χ2n) is 7.70. The minimum absolute atomic E-state index is 0.0240. The maximum atomic E-state index is 12.6. The highest BCUT2D eigenvalue weighted by Gasteiger charge is 2.71. The highest BCUT2D eigenvalue weighted by atomic mass is 16.6. The van der Waals surface area contributed by atoms with Crippen LogP contribution in [0.4, 0.5) is 4.79 Å². The molecule has 3 aliphatic rings. The van der Waals surface area contributed by atoms with Crippen LogP contribution in [0.25, 0.3) is 0 Å². The SMILES string of the molecule is CC1CC2(C[C@H]2C)N(C(=O)OC(C)C)[C@]2(C1)C[C@H]2C. The molecule has 108 valence electrons. The molecular formula is C16H27NO2. The lowest BCUT2D eigenvalue weighted by atomic mass is 9.82. The topological polar surface area (TPSA) is 29.5 Å². The molecule has 5 atom stereocenters. The Morgan fingerprint density at radius 3 is 1.79 bits per heavy atom. The van der Waals surface area contributed by atoms with Gasteiger partial charge in [0.05, 0.1) is 17.2 Å². The third kappa shape index (κ3) is 1.80. The van der Waals surface area contributed by atoms with Gasteiger partial charge in [0.2, 0.25) is 0 Å². The summed E-state index contributed by atoms with van der Waals surface area (Å²) >= 11 is 0. The van der Waals surface area contributed by atoms with Gasteiger partial charge < -0.3 is 4.74 Å². The molecule has 3 fully saturated rings. The van der Waals surface area contributed by atoms with Gasteiger partial charge in [-0.25, -0.2) is 4.79 Å². The van der Waals surface area contributed by atoms with Crippen LogP contribution in [0.5, 0.6) is 0 Å². The molecule has 2 spiro atoms. The zero-order valence-corrected chi connectivity index (χ0v) is 12.9. The summed E-state index contributed by atoms with van der Waals surface area (Å²) in [5, 5.41) is 0. The van der Waals surface area contributed by atoms with E-state index in [4.69, 9.17) is 4.74 Å². The Balaban J connectivity index is 1.90.